The van der Waals surface area contributed by atoms with E-state index in [9.17, 15) is 0 Å². The van der Waals surface area contributed by atoms with Gasteiger partial charge in [-0.25, -0.2) is 0 Å². The van der Waals surface area contributed by atoms with E-state index in [4.69, 9.17) is 4.52 Å². The Kier molecular flexibility index (Phi) is 4.24. The van der Waals surface area contributed by atoms with Gasteiger partial charge in [0, 0.05) is 0 Å². The van der Waals surface area contributed by atoms with E-state index >= 15 is 0 Å². The van der Waals surface area contributed by atoms with Crippen molar-refractivity contribution >= 4 is 8.81 Å². The van der Waals surface area contributed by atoms with Gasteiger partial charge in [0.05, 0.1) is 8.81 Å². The molecule has 0 fully saturated rings. The largest absolute Gasteiger partial charge is 0.477 e. The predicted molar refractivity (Wildman–Crippen MR) is 60.0 cm³/mol. The van der Waals surface area contributed by atoms with Crippen LogP contribution in [-0.2, 0) is 0 Å². The van der Waals surface area contributed by atoms with E-state index in [0.29, 0.717) is 14.7 Å². The number of hydrogen-bond donors (Lipinski definition) is 0. The molecule has 0 aliphatic heterocycles. The van der Waals surface area contributed by atoms with Crippen LogP contribution in [0.25, 0.3) is 0 Å². The van der Waals surface area contributed by atoms with Gasteiger partial charge in [0.2, 0.25) is 0 Å². The highest BCUT2D eigenvalue weighted by molar-refractivity contribution is 7.32. The third kappa shape index (κ3) is 3.36. The van der Waals surface area contributed by atoms with E-state index in [2.05, 4.69) is 45.0 Å². The molecule has 1 nitrogen and oxygen atoms in total. The maximum absolute atomic E-state index is 5.52. The summed E-state index contributed by atoms with van der Waals surface area (Å²) in [6.07, 6.45) is 1.09. The van der Waals surface area contributed by atoms with Crippen LogP contribution < -0.4 is 4.52 Å². The van der Waals surface area contributed by atoms with Crippen LogP contribution in [0.4, 0.5) is 0 Å². The molecule has 0 bridgehead atoms. The van der Waals surface area contributed by atoms with E-state index in [1.807, 2.05) is 0 Å². The van der Waals surface area contributed by atoms with Gasteiger partial charge < -0.3 is 4.52 Å². The molecule has 1 aromatic carbocycles. The summed E-state index contributed by atoms with van der Waals surface area (Å²) in [5.41, 5.74) is 1.37. The zero-order valence-electron chi connectivity index (χ0n) is 8.50. The molecular formula is C11H17OP. The Bertz CT molecular complexity index is 241. The third-order valence-electron chi connectivity index (χ3n) is 1.88. The van der Waals surface area contributed by atoms with Crippen LogP contribution >= 0.6 is 8.81 Å². The van der Waals surface area contributed by atoms with Gasteiger partial charge in [-0.3, -0.25) is 0 Å². The van der Waals surface area contributed by atoms with Crippen LogP contribution in [0.2, 0.25) is 0 Å². The predicted octanol–water partition coefficient (Wildman–Crippen LogP) is 3.80. The Labute approximate surface area is 82.4 Å². The van der Waals surface area contributed by atoms with Gasteiger partial charge in [-0.2, -0.15) is 0 Å². The molecule has 2 heteroatoms. The monoisotopic (exact) mass is 196 g/mol. The van der Waals surface area contributed by atoms with Crippen LogP contribution in [0.3, 0.4) is 0 Å². The molecule has 0 saturated heterocycles. The lowest BCUT2D eigenvalue weighted by molar-refractivity contribution is 0.630. The molecule has 72 valence electrons. The summed E-state index contributed by atoms with van der Waals surface area (Å²) in [6, 6.07) is 8.39. The van der Waals surface area contributed by atoms with Gasteiger partial charge in [0.25, 0.3) is 0 Å². The van der Waals surface area contributed by atoms with Crippen molar-refractivity contribution in [2.45, 2.75) is 26.7 Å². The van der Waals surface area contributed by atoms with E-state index in [0.717, 1.165) is 11.9 Å². The topological polar surface area (TPSA) is 9.23 Å². The van der Waals surface area contributed by atoms with Gasteiger partial charge in [-0.1, -0.05) is 32.9 Å². The summed E-state index contributed by atoms with van der Waals surface area (Å²) >= 11 is 0. The Balaban J connectivity index is 2.59. The Morgan fingerprint density at radius 1 is 1.23 bits per heavy atom. The molecule has 13 heavy (non-hydrogen) atoms. The van der Waals surface area contributed by atoms with Crippen molar-refractivity contribution in [3.05, 3.63) is 29.8 Å². The minimum absolute atomic E-state index is 0.584. The molecule has 0 aromatic heterocycles. The SMILES string of the molecule is CCPOc1ccc(C(C)C)cc1. The van der Waals surface area contributed by atoms with Gasteiger partial charge in [0.1, 0.15) is 5.75 Å². The summed E-state index contributed by atoms with van der Waals surface area (Å²) in [4.78, 5) is 0. The Morgan fingerprint density at radius 2 is 1.85 bits per heavy atom. The molecule has 0 aliphatic carbocycles. The molecule has 0 saturated carbocycles. The fourth-order valence-corrected chi connectivity index (χ4v) is 1.52. The molecule has 1 aromatic rings. The van der Waals surface area contributed by atoms with E-state index in [1.54, 1.807) is 0 Å². The second-order valence-electron chi connectivity index (χ2n) is 3.32. The second-order valence-corrected chi connectivity index (χ2v) is 4.52. The summed E-state index contributed by atoms with van der Waals surface area (Å²) in [7, 11) is 0.584. The fraction of sp³-hybridized carbons (Fsp3) is 0.455. The molecule has 0 radical (unpaired) electrons. The zero-order chi connectivity index (χ0) is 9.68. The molecule has 1 rings (SSSR count). The molecule has 1 atom stereocenters. The highest BCUT2D eigenvalue weighted by atomic mass is 31.1. The fourth-order valence-electron chi connectivity index (χ4n) is 1.08. The summed E-state index contributed by atoms with van der Waals surface area (Å²) in [5, 5.41) is 0. The maximum atomic E-state index is 5.52. The first-order valence-corrected chi connectivity index (χ1v) is 5.85. The first kappa shape index (κ1) is 10.5. The van der Waals surface area contributed by atoms with Crippen LogP contribution in [0.5, 0.6) is 5.75 Å². The van der Waals surface area contributed by atoms with Crippen LogP contribution in [0.15, 0.2) is 24.3 Å². The minimum Gasteiger partial charge on any atom is -0.477 e. The molecule has 0 heterocycles. The lowest BCUT2D eigenvalue weighted by Crippen LogP contribution is -1.86. The summed E-state index contributed by atoms with van der Waals surface area (Å²) < 4.78 is 5.52. The molecule has 0 aliphatic rings. The minimum atomic E-state index is 0.584. The molecule has 1 unspecified atom stereocenters. The molecule has 0 amide bonds. The van der Waals surface area contributed by atoms with Crippen molar-refractivity contribution in [3.8, 4) is 5.75 Å². The smallest absolute Gasteiger partial charge is 0.122 e. The summed E-state index contributed by atoms with van der Waals surface area (Å²) in [5.74, 6) is 1.59. The van der Waals surface area contributed by atoms with Gasteiger partial charge in [-0.05, 0) is 29.8 Å². The van der Waals surface area contributed by atoms with Crippen LogP contribution in [0.1, 0.15) is 32.3 Å². The summed E-state index contributed by atoms with van der Waals surface area (Å²) in [6.45, 7) is 6.52. The first-order chi connectivity index (χ1) is 6.24. The van der Waals surface area contributed by atoms with Crippen molar-refractivity contribution in [1.82, 2.24) is 0 Å². The van der Waals surface area contributed by atoms with Crippen molar-refractivity contribution in [2.24, 2.45) is 0 Å². The first-order valence-electron chi connectivity index (χ1n) is 4.73. The second kappa shape index (κ2) is 5.24. The standard InChI is InChI=1S/C11H17OP/c1-4-13-12-11-7-5-10(6-8-11)9(2)3/h5-9,13H,4H2,1-3H3. The Morgan fingerprint density at radius 3 is 2.31 bits per heavy atom. The molecule has 0 N–H and O–H groups in total. The average molecular weight is 196 g/mol. The van der Waals surface area contributed by atoms with Gasteiger partial charge >= 0.3 is 0 Å². The van der Waals surface area contributed by atoms with Crippen molar-refractivity contribution < 1.29 is 4.52 Å². The van der Waals surface area contributed by atoms with E-state index in [-0.39, 0.29) is 0 Å². The van der Waals surface area contributed by atoms with Gasteiger partial charge in [-0.15, -0.1) is 0 Å². The highest BCUT2D eigenvalue weighted by Gasteiger charge is 1.98. The van der Waals surface area contributed by atoms with Crippen LogP contribution in [-0.4, -0.2) is 6.16 Å². The van der Waals surface area contributed by atoms with Crippen molar-refractivity contribution in [3.63, 3.8) is 0 Å². The number of rotatable bonds is 4. The molecular weight excluding hydrogens is 179 g/mol. The van der Waals surface area contributed by atoms with Crippen LogP contribution in [0, 0.1) is 0 Å². The Hall–Kier alpha value is -0.550. The third-order valence-corrected chi connectivity index (χ3v) is 2.55. The highest BCUT2D eigenvalue weighted by Crippen LogP contribution is 2.23. The van der Waals surface area contributed by atoms with Crippen molar-refractivity contribution in [2.75, 3.05) is 6.16 Å². The maximum Gasteiger partial charge on any atom is 0.122 e. The quantitative estimate of drug-likeness (QED) is 0.665. The normalized spacial score (nSPS) is 11.4. The van der Waals surface area contributed by atoms with Gasteiger partial charge in [0.15, 0.2) is 0 Å². The molecule has 0 spiro atoms. The number of benzene rings is 1. The number of hydrogen-bond acceptors (Lipinski definition) is 1. The average Bonchev–Trinajstić information content (AvgIpc) is 2.15. The lowest BCUT2D eigenvalue weighted by Gasteiger charge is -2.07. The lowest BCUT2D eigenvalue weighted by atomic mass is 10.0. The van der Waals surface area contributed by atoms with Crippen molar-refractivity contribution in [1.29, 1.82) is 0 Å². The zero-order valence-corrected chi connectivity index (χ0v) is 9.50. The van der Waals surface area contributed by atoms with E-state index < -0.39 is 0 Å². The van der Waals surface area contributed by atoms with E-state index in [1.165, 1.54) is 5.56 Å².